The Labute approximate surface area is 128 Å². The maximum absolute atomic E-state index is 11.9. The zero-order valence-corrected chi connectivity index (χ0v) is 12.8. The molecule has 0 saturated carbocycles. The van der Waals surface area contributed by atoms with Gasteiger partial charge in [0, 0.05) is 23.8 Å². The first-order valence-corrected chi connectivity index (χ1v) is 7.51. The molecule has 116 valence electrons. The average molecular weight is 300 g/mol. The maximum Gasteiger partial charge on any atom is 0.330 e. The number of H-pyrrole nitrogens is 1. The molecule has 5 heteroatoms. The Morgan fingerprint density at radius 1 is 1.55 bits per heavy atom. The van der Waals surface area contributed by atoms with Crippen molar-refractivity contribution in [1.29, 1.82) is 0 Å². The quantitative estimate of drug-likeness (QED) is 0.493. The Balaban J connectivity index is 2.16. The van der Waals surface area contributed by atoms with Crippen molar-refractivity contribution in [2.24, 2.45) is 11.7 Å². The summed E-state index contributed by atoms with van der Waals surface area (Å²) in [5, 5.41) is 0. The second-order valence-corrected chi connectivity index (χ2v) is 6.04. The Kier molecular flexibility index (Phi) is 3.53. The Bertz CT molecular complexity index is 745. The molecule has 1 heterocycles. The first-order valence-electron chi connectivity index (χ1n) is 7.51. The highest BCUT2D eigenvalue weighted by atomic mass is 16.5. The highest BCUT2D eigenvalue weighted by molar-refractivity contribution is 5.84. The Morgan fingerprint density at radius 2 is 2.32 bits per heavy atom. The van der Waals surface area contributed by atoms with Gasteiger partial charge in [-0.1, -0.05) is 11.6 Å². The summed E-state index contributed by atoms with van der Waals surface area (Å²) in [6.07, 6.45) is 4.94. The van der Waals surface area contributed by atoms with Gasteiger partial charge in [-0.05, 0) is 43.9 Å². The minimum Gasteiger partial charge on any atom is -0.463 e. The minimum absolute atomic E-state index is 0.0220. The van der Waals surface area contributed by atoms with E-state index in [1.54, 1.807) is 13.0 Å². The van der Waals surface area contributed by atoms with Crippen LogP contribution in [0.3, 0.4) is 0 Å². The van der Waals surface area contributed by atoms with Crippen LogP contribution in [0.25, 0.3) is 0 Å². The van der Waals surface area contributed by atoms with E-state index in [1.165, 1.54) is 17.7 Å². The van der Waals surface area contributed by atoms with Crippen LogP contribution in [-0.4, -0.2) is 17.6 Å². The number of nitrogens with one attached hydrogen (secondary N) is 1. The van der Waals surface area contributed by atoms with Crippen LogP contribution < -0.4 is 11.3 Å². The van der Waals surface area contributed by atoms with Gasteiger partial charge in [-0.25, -0.2) is 4.79 Å². The summed E-state index contributed by atoms with van der Waals surface area (Å²) in [6, 6.07) is 3.27. The van der Waals surface area contributed by atoms with E-state index >= 15 is 0 Å². The summed E-state index contributed by atoms with van der Waals surface area (Å²) in [5.74, 6) is -0.341. The molecule has 22 heavy (non-hydrogen) atoms. The molecule has 0 aliphatic heterocycles. The molecule has 5 nitrogen and oxygen atoms in total. The average Bonchev–Trinajstić information content (AvgIpc) is 2.41. The van der Waals surface area contributed by atoms with Crippen molar-refractivity contribution in [1.82, 2.24) is 4.98 Å². The Morgan fingerprint density at radius 3 is 3.05 bits per heavy atom. The summed E-state index contributed by atoms with van der Waals surface area (Å²) >= 11 is 0. The number of esters is 1. The molecule has 2 aliphatic rings. The molecular weight excluding hydrogens is 280 g/mol. The lowest BCUT2D eigenvalue weighted by Crippen LogP contribution is -2.48. The number of ether oxygens (including phenoxy) is 1. The van der Waals surface area contributed by atoms with Crippen molar-refractivity contribution in [3.63, 3.8) is 0 Å². The largest absolute Gasteiger partial charge is 0.463 e. The second kappa shape index (κ2) is 5.25. The number of hydrogen-bond acceptors (Lipinski definition) is 4. The minimum atomic E-state index is -0.756. The van der Waals surface area contributed by atoms with E-state index in [0.717, 1.165) is 16.8 Å². The SMILES string of the molecule is CCOC(=O)/C=C1\[C@H]2C=C(C)C[C@]1(N)c1ccc(=O)[nH]c1C2. The van der Waals surface area contributed by atoms with Crippen LogP contribution in [0.5, 0.6) is 0 Å². The number of aromatic amines is 1. The van der Waals surface area contributed by atoms with Gasteiger partial charge >= 0.3 is 5.97 Å². The third kappa shape index (κ3) is 2.31. The van der Waals surface area contributed by atoms with Crippen LogP contribution in [0.1, 0.15) is 31.5 Å². The number of carbonyl (C=O) groups is 1. The van der Waals surface area contributed by atoms with Crippen molar-refractivity contribution in [2.75, 3.05) is 6.61 Å². The van der Waals surface area contributed by atoms with Gasteiger partial charge in [0.1, 0.15) is 0 Å². The lowest BCUT2D eigenvalue weighted by molar-refractivity contribution is -0.137. The van der Waals surface area contributed by atoms with Gasteiger partial charge in [0.25, 0.3) is 0 Å². The highest BCUT2D eigenvalue weighted by Crippen LogP contribution is 2.47. The first kappa shape index (κ1) is 14.8. The molecular formula is C17H20N2O3. The molecule has 2 bridgehead atoms. The van der Waals surface area contributed by atoms with Gasteiger partial charge in [0.05, 0.1) is 12.1 Å². The lowest BCUT2D eigenvalue weighted by Gasteiger charge is -2.45. The first-order chi connectivity index (χ1) is 10.4. The number of pyridine rings is 1. The molecule has 1 aromatic heterocycles. The predicted octanol–water partition coefficient (Wildman–Crippen LogP) is 1.54. The number of rotatable bonds is 2. The van der Waals surface area contributed by atoms with E-state index in [0.29, 0.717) is 19.4 Å². The molecule has 0 fully saturated rings. The summed E-state index contributed by atoms with van der Waals surface area (Å²) in [6.45, 7) is 4.16. The van der Waals surface area contributed by atoms with Crippen molar-refractivity contribution in [3.05, 3.63) is 57.0 Å². The fourth-order valence-electron chi connectivity index (χ4n) is 3.65. The Hall–Kier alpha value is -2.14. The second-order valence-electron chi connectivity index (χ2n) is 6.04. The predicted molar refractivity (Wildman–Crippen MR) is 83.2 cm³/mol. The van der Waals surface area contributed by atoms with E-state index in [4.69, 9.17) is 10.5 Å². The molecule has 0 radical (unpaired) electrons. The summed E-state index contributed by atoms with van der Waals surface area (Å²) in [5.41, 5.74) is 9.65. The molecule has 0 spiro atoms. The van der Waals surface area contributed by atoms with Crippen LogP contribution in [0.15, 0.2) is 40.2 Å². The molecule has 0 amide bonds. The standard InChI is InChI=1S/C17H20N2O3/c1-3-22-16(21)8-13-11-6-10(2)9-17(13,18)12-4-5-15(20)19-14(12)7-11/h4-6,8,11H,3,7,9,18H2,1-2H3,(H,19,20)/b13-8+/t11-,17-/m0/s1. The zero-order chi connectivity index (χ0) is 15.9. The third-order valence-corrected chi connectivity index (χ3v) is 4.42. The molecule has 0 aromatic carbocycles. The molecule has 2 atom stereocenters. The molecule has 1 aromatic rings. The number of hydrogen-bond donors (Lipinski definition) is 2. The number of nitrogens with two attached hydrogens (primary N) is 1. The smallest absolute Gasteiger partial charge is 0.330 e. The van der Waals surface area contributed by atoms with Gasteiger partial charge in [-0.2, -0.15) is 0 Å². The van der Waals surface area contributed by atoms with Crippen LogP contribution in [0.4, 0.5) is 0 Å². The topological polar surface area (TPSA) is 85.2 Å². The van der Waals surface area contributed by atoms with Gasteiger partial charge in [-0.15, -0.1) is 0 Å². The monoisotopic (exact) mass is 300 g/mol. The van der Waals surface area contributed by atoms with Crippen LogP contribution in [-0.2, 0) is 21.5 Å². The van der Waals surface area contributed by atoms with Crippen molar-refractivity contribution < 1.29 is 9.53 Å². The van der Waals surface area contributed by atoms with Gasteiger partial charge in [-0.3, -0.25) is 4.79 Å². The maximum atomic E-state index is 11.9. The summed E-state index contributed by atoms with van der Waals surface area (Å²) in [7, 11) is 0. The fourth-order valence-corrected chi connectivity index (χ4v) is 3.65. The van der Waals surface area contributed by atoms with Crippen LogP contribution in [0, 0.1) is 5.92 Å². The highest BCUT2D eigenvalue weighted by Gasteiger charge is 2.44. The van der Waals surface area contributed by atoms with E-state index in [2.05, 4.69) is 11.1 Å². The number of carbonyl (C=O) groups excluding carboxylic acids is 1. The number of fused-ring (bicyclic) bond motifs is 4. The zero-order valence-electron chi connectivity index (χ0n) is 12.8. The molecule has 0 saturated heterocycles. The molecule has 0 unspecified atom stereocenters. The number of allylic oxidation sites excluding steroid dienone is 1. The van der Waals surface area contributed by atoms with E-state index in [1.807, 2.05) is 6.92 Å². The molecule has 3 N–H and O–H groups in total. The summed E-state index contributed by atoms with van der Waals surface area (Å²) < 4.78 is 5.04. The summed E-state index contributed by atoms with van der Waals surface area (Å²) in [4.78, 5) is 26.4. The fraction of sp³-hybridized carbons (Fsp3) is 0.412. The van der Waals surface area contributed by atoms with E-state index in [9.17, 15) is 9.59 Å². The third-order valence-electron chi connectivity index (χ3n) is 4.42. The van der Waals surface area contributed by atoms with E-state index < -0.39 is 5.54 Å². The van der Waals surface area contributed by atoms with Crippen molar-refractivity contribution >= 4 is 5.97 Å². The lowest BCUT2D eigenvalue weighted by atomic mass is 9.63. The van der Waals surface area contributed by atoms with Gasteiger partial charge in [0.15, 0.2) is 0 Å². The molecule has 3 rings (SSSR count). The van der Waals surface area contributed by atoms with Gasteiger partial charge in [0.2, 0.25) is 5.56 Å². The normalized spacial score (nSPS) is 28.0. The molecule has 2 aliphatic carbocycles. The number of aromatic nitrogens is 1. The van der Waals surface area contributed by atoms with Crippen LogP contribution >= 0.6 is 0 Å². The van der Waals surface area contributed by atoms with Crippen molar-refractivity contribution in [2.45, 2.75) is 32.2 Å². The van der Waals surface area contributed by atoms with Crippen molar-refractivity contribution in [3.8, 4) is 0 Å². The van der Waals surface area contributed by atoms with Gasteiger partial charge < -0.3 is 15.5 Å². The van der Waals surface area contributed by atoms with E-state index in [-0.39, 0.29) is 17.4 Å². The van der Waals surface area contributed by atoms with Crippen LogP contribution in [0.2, 0.25) is 0 Å².